The number of nitrogens with one attached hydrogen (secondary N) is 1. The molecule has 4 aromatic rings. The molecule has 0 saturated heterocycles. The van der Waals surface area contributed by atoms with Gasteiger partial charge in [-0.25, -0.2) is 4.98 Å². The van der Waals surface area contributed by atoms with Crippen molar-refractivity contribution in [2.24, 2.45) is 0 Å². The van der Waals surface area contributed by atoms with Gasteiger partial charge in [0.25, 0.3) is 5.91 Å². The van der Waals surface area contributed by atoms with Crippen molar-refractivity contribution in [1.82, 2.24) is 10.3 Å². The molecule has 0 spiro atoms. The molecule has 3 aromatic heterocycles. The highest BCUT2D eigenvalue weighted by molar-refractivity contribution is 9.11. The van der Waals surface area contributed by atoms with Crippen LogP contribution < -0.4 is 5.32 Å². The Hall–Kier alpha value is -2.44. The number of aromatic nitrogens is 1. The number of rotatable bonds is 4. The first-order chi connectivity index (χ1) is 12.6. The molecule has 130 valence electrons. The van der Waals surface area contributed by atoms with Gasteiger partial charge in [0, 0.05) is 5.39 Å². The van der Waals surface area contributed by atoms with Crippen molar-refractivity contribution >= 4 is 44.1 Å². The third kappa shape index (κ3) is 3.43. The van der Waals surface area contributed by atoms with Crippen molar-refractivity contribution in [3.8, 4) is 10.6 Å². The van der Waals surface area contributed by atoms with E-state index in [0.29, 0.717) is 12.1 Å². The van der Waals surface area contributed by atoms with Crippen molar-refractivity contribution in [2.45, 2.75) is 13.5 Å². The highest BCUT2D eigenvalue weighted by atomic mass is 79.9. The number of thiophene rings is 1. The van der Waals surface area contributed by atoms with Crippen molar-refractivity contribution in [2.75, 3.05) is 0 Å². The Morgan fingerprint density at radius 1 is 1.19 bits per heavy atom. The minimum absolute atomic E-state index is 0.144. The van der Waals surface area contributed by atoms with E-state index in [2.05, 4.69) is 21.2 Å². The van der Waals surface area contributed by atoms with Gasteiger partial charge in [0.1, 0.15) is 11.5 Å². The summed E-state index contributed by atoms with van der Waals surface area (Å²) in [6.07, 6.45) is 0. The van der Waals surface area contributed by atoms with Gasteiger partial charge in [-0.2, -0.15) is 0 Å². The zero-order chi connectivity index (χ0) is 18.1. The third-order valence-electron chi connectivity index (χ3n) is 4.01. The predicted octanol–water partition coefficient (Wildman–Crippen LogP) is 5.56. The van der Waals surface area contributed by atoms with E-state index < -0.39 is 0 Å². The third-order valence-corrected chi connectivity index (χ3v) is 5.65. The number of pyridine rings is 1. The molecule has 1 N–H and O–H groups in total. The van der Waals surface area contributed by atoms with Crippen molar-refractivity contribution in [3.05, 3.63) is 75.5 Å². The van der Waals surface area contributed by atoms with Crippen LogP contribution in [0.4, 0.5) is 0 Å². The highest BCUT2D eigenvalue weighted by Gasteiger charge is 2.15. The van der Waals surface area contributed by atoms with Gasteiger partial charge in [0.2, 0.25) is 0 Å². The number of amides is 1. The fourth-order valence-electron chi connectivity index (χ4n) is 2.78. The number of carbonyl (C=O) groups excluding carboxylic acids is 1. The van der Waals surface area contributed by atoms with E-state index in [9.17, 15) is 4.79 Å². The van der Waals surface area contributed by atoms with Crippen LogP contribution in [-0.4, -0.2) is 10.9 Å². The maximum absolute atomic E-state index is 12.8. The molecule has 4 nitrogen and oxygen atoms in total. The summed E-state index contributed by atoms with van der Waals surface area (Å²) < 4.78 is 6.55. The van der Waals surface area contributed by atoms with E-state index >= 15 is 0 Å². The van der Waals surface area contributed by atoms with Gasteiger partial charge >= 0.3 is 0 Å². The zero-order valence-corrected chi connectivity index (χ0v) is 16.4. The van der Waals surface area contributed by atoms with E-state index in [4.69, 9.17) is 9.40 Å². The molecule has 6 heteroatoms. The lowest BCUT2D eigenvalue weighted by molar-refractivity contribution is 0.0949. The minimum atomic E-state index is -0.144. The van der Waals surface area contributed by atoms with Gasteiger partial charge in [-0.1, -0.05) is 18.2 Å². The lowest BCUT2D eigenvalue weighted by Crippen LogP contribution is -2.23. The number of fused-ring (bicyclic) bond motifs is 1. The second kappa shape index (κ2) is 7.05. The molecule has 0 unspecified atom stereocenters. The normalized spacial score (nSPS) is 11.0. The molecule has 0 aliphatic rings. The van der Waals surface area contributed by atoms with Crippen molar-refractivity contribution in [3.63, 3.8) is 0 Å². The predicted molar refractivity (Wildman–Crippen MR) is 107 cm³/mol. The Kier molecular flexibility index (Phi) is 4.61. The summed E-state index contributed by atoms with van der Waals surface area (Å²) in [5.41, 5.74) is 2.20. The maximum atomic E-state index is 12.8. The van der Waals surface area contributed by atoms with Crippen LogP contribution in [0.25, 0.3) is 21.5 Å². The Morgan fingerprint density at radius 2 is 2.04 bits per heavy atom. The number of para-hydroxylation sites is 1. The topological polar surface area (TPSA) is 55.1 Å². The largest absolute Gasteiger partial charge is 0.465 e. The van der Waals surface area contributed by atoms with Gasteiger partial charge in [-0.3, -0.25) is 4.79 Å². The van der Waals surface area contributed by atoms with E-state index in [0.717, 1.165) is 36.8 Å². The quantitative estimate of drug-likeness (QED) is 0.464. The number of benzene rings is 1. The maximum Gasteiger partial charge on any atom is 0.252 e. The van der Waals surface area contributed by atoms with Crippen LogP contribution in [0.15, 0.2) is 62.8 Å². The standard InChI is InChI=1S/C20H15BrN2O2S/c1-12-6-7-13(25-12)11-22-20(24)15-10-17(18-8-9-19(21)26-18)23-16-5-3-2-4-14(15)16/h2-10H,11H2,1H3,(H,22,24). The summed E-state index contributed by atoms with van der Waals surface area (Å²) in [5.74, 6) is 1.42. The Balaban J connectivity index is 1.71. The van der Waals surface area contributed by atoms with Crippen LogP contribution in [-0.2, 0) is 6.54 Å². The van der Waals surface area contributed by atoms with Gasteiger partial charge in [0.15, 0.2) is 0 Å². The lowest BCUT2D eigenvalue weighted by Gasteiger charge is -2.09. The van der Waals surface area contributed by atoms with Crippen molar-refractivity contribution < 1.29 is 9.21 Å². The Morgan fingerprint density at radius 3 is 2.77 bits per heavy atom. The first-order valence-electron chi connectivity index (χ1n) is 8.09. The first kappa shape index (κ1) is 17.0. The highest BCUT2D eigenvalue weighted by Crippen LogP contribution is 2.32. The van der Waals surface area contributed by atoms with E-state index in [-0.39, 0.29) is 5.91 Å². The zero-order valence-electron chi connectivity index (χ0n) is 14.0. The van der Waals surface area contributed by atoms with Gasteiger partial charge in [-0.05, 0) is 59.3 Å². The molecule has 26 heavy (non-hydrogen) atoms. The minimum Gasteiger partial charge on any atom is -0.465 e. The second-order valence-corrected chi connectivity index (χ2v) is 8.33. The fraction of sp³-hybridized carbons (Fsp3) is 0.100. The molecule has 1 aromatic carbocycles. The summed E-state index contributed by atoms with van der Waals surface area (Å²) in [4.78, 5) is 18.6. The summed E-state index contributed by atoms with van der Waals surface area (Å²) in [7, 11) is 0. The molecular weight excluding hydrogens is 412 g/mol. The number of furan rings is 1. The van der Waals surface area contributed by atoms with E-state index in [1.54, 1.807) is 11.3 Å². The van der Waals surface area contributed by atoms with E-state index in [1.165, 1.54) is 0 Å². The first-order valence-corrected chi connectivity index (χ1v) is 9.70. The molecule has 0 bridgehead atoms. The fourth-order valence-corrected chi connectivity index (χ4v) is 4.13. The molecule has 0 aliphatic heterocycles. The smallest absolute Gasteiger partial charge is 0.252 e. The number of halogens is 1. The lowest BCUT2D eigenvalue weighted by atomic mass is 10.1. The number of nitrogens with zero attached hydrogens (tertiary/aromatic N) is 1. The molecule has 0 aliphatic carbocycles. The second-order valence-electron chi connectivity index (χ2n) is 5.87. The summed E-state index contributed by atoms with van der Waals surface area (Å²) >= 11 is 5.07. The van der Waals surface area contributed by atoms with Crippen LogP contribution in [0.5, 0.6) is 0 Å². The summed E-state index contributed by atoms with van der Waals surface area (Å²) in [5, 5.41) is 3.77. The molecule has 0 fully saturated rings. The molecule has 0 atom stereocenters. The number of hydrogen-bond acceptors (Lipinski definition) is 4. The molecule has 0 saturated carbocycles. The number of aryl methyl sites for hydroxylation is 1. The number of hydrogen-bond donors (Lipinski definition) is 1. The SMILES string of the molecule is Cc1ccc(CNC(=O)c2cc(-c3ccc(Br)s3)nc3ccccc23)o1. The van der Waals surface area contributed by atoms with Gasteiger partial charge in [0.05, 0.1) is 32.0 Å². The Bertz CT molecular complexity index is 1100. The van der Waals surface area contributed by atoms with Gasteiger partial charge < -0.3 is 9.73 Å². The summed E-state index contributed by atoms with van der Waals surface area (Å²) in [6, 6.07) is 17.3. The molecule has 1 amide bonds. The van der Waals surface area contributed by atoms with Crippen LogP contribution in [0, 0.1) is 6.92 Å². The monoisotopic (exact) mass is 426 g/mol. The molecule has 4 rings (SSSR count). The van der Waals surface area contributed by atoms with Crippen molar-refractivity contribution in [1.29, 1.82) is 0 Å². The van der Waals surface area contributed by atoms with Crippen LogP contribution in [0.2, 0.25) is 0 Å². The number of carbonyl (C=O) groups is 1. The van der Waals surface area contributed by atoms with Gasteiger partial charge in [-0.15, -0.1) is 11.3 Å². The van der Waals surface area contributed by atoms with E-state index in [1.807, 2.05) is 61.5 Å². The van der Waals surface area contributed by atoms with Crippen LogP contribution in [0.3, 0.4) is 0 Å². The van der Waals surface area contributed by atoms with Crippen LogP contribution >= 0.6 is 27.3 Å². The summed E-state index contributed by atoms with van der Waals surface area (Å²) in [6.45, 7) is 2.23. The molecular formula is C20H15BrN2O2S. The Labute approximate surface area is 163 Å². The van der Waals surface area contributed by atoms with Crippen LogP contribution in [0.1, 0.15) is 21.9 Å². The average molecular weight is 427 g/mol. The molecule has 0 radical (unpaired) electrons. The average Bonchev–Trinajstić information content (AvgIpc) is 3.27. The molecule has 3 heterocycles.